The van der Waals surface area contributed by atoms with E-state index in [2.05, 4.69) is 23.6 Å². The molecule has 1 aliphatic rings. The second kappa shape index (κ2) is 8.86. The highest BCUT2D eigenvalue weighted by Crippen LogP contribution is 2.26. The summed E-state index contributed by atoms with van der Waals surface area (Å²) in [5.41, 5.74) is 0. The van der Waals surface area contributed by atoms with Crippen molar-refractivity contribution < 1.29 is 10.2 Å². The van der Waals surface area contributed by atoms with E-state index in [0.717, 1.165) is 26.2 Å². The Balaban J connectivity index is 2.39. The summed E-state index contributed by atoms with van der Waals surface area (Å²) < 4.78 is 0. The fourth-order valence-electron chi connectivity index (χ4n) is 3.24. The third kappa shape index (κ3) is 4.50. The lowest BCUT2D eigenvalue weighted by atomic mass is 9.89. The Morgan fingerprint density at radius 1 is 0.778 bits per heavy atom. The van der Waals surface area contributed by atoms with E-state index < -0.39 is 0 Å². The highest BCUT2D eigenvalue weighted by Gasteiger charge is 2.27. The molecule has 4 heteroatoms. The van der Waals surface area contributed by atoms with Crippen molar-refractivity contribution in [2.45, 2.75) is 51.6 Å². The summed E-state index contributed by atoms with van der Waals surface area (Å²) in [6.45, 7) is 8.55. The summed E-state index contributed by atoms with van der Waals surface area (Å²) >= 11 is 0. The maximum atomic E-state index is 9.07. The summed E-state index contributed by atoms with van der Waals surface area (Å²) in [4.78, 5) is 4.80. The maximum Gasteiger partial charge on any atom is 0.0558 e. The molecule has 0 aliphatic heterocycles. The van der Waals surface area contributed by atoms with Gasteiger partial charge in [0.25, 0.3) is 0 Å². The molecule has 18 heavy (non-hydrogen) atoms. The molecule has 1 aliphatic carbocycles. The summed E-state index contributed by atoms with van der Waals surface area (Å²) in [6.07, 6.45) is 4.89. The number of likely N-dealkylation sites (N-methyl/N-ethyl adjacent to an activating group) is 2. The molecule has 1 saturated carbocycles. The van der Waals surface area contributed by atoms with Gasteiger partial charge in [0.2, 0.25) is 0 Å². The van der Waals surface area contributed by atoms with Gasteiger partial charge < -0.3 is 10.2 Å². The zero-order chi connectivity index (χ0) is 13.4. The molecule has 0 heterocycles. The minimum absolute atomic E-state index is 0.263. The molecule has 0 spiro atoms. The minimum atomic E-state index is 0.263. The van der Waals surface area contributed by atoms with Crippen LogP contribution in [-0.2, 0) is 0 Å². The largest absolute Gasteiger partial charge is 0.395 e. The number of aliphatic hydroxyl groups is 2. The van der Waals surface area contributed by atoms with E-state index in [1.807, 2.05) is 0 Å². The molecule has 0 aromatic rings. The molecule has 4 nitrogen and oxygen atoms in total. The number of aliphatic hydroxyl groups excluding tert-OH is 2. The fraction of sp³-hybridized carbons (Fsp3) is 1.00. The van der Waals surface area contributed by atoms with Crippen LogP contribution in [0.5, 0.6) is 0 Å². The van der Waals surface area contributed by atoms with E-state index in [-0.39, 0.29) is 13.2 Å². The number of nitrogens with zero attached hydrogens (tertiary/aromatic N) is 2. The summed E-state index contributed by atoms with van der Waals surface area (Å²) in [7, 11) is 0. The predicted molar refractivity (Wildman–Crippen MR) is 74.7 cm³/mol. The summed E-state index contributed by atoms with van der Waals surface area (Å²) in [6, 6.07) is 1.29. The lowest BCUT2D eigenvalue weighted by molar-refractivity contribution is 0.0790. The molecule has 0 aromatic carbocycles. The highest BCUT2D eigenvalue weighted by molar-refractivity contribution is 4.83. The van der Waals surface area contributed by atoms with Gasteiger partial charge in [-0.3, -0.25) is 9.80 Å². The minimum Gasteiger partial charge on any atom is -0.395 e. The van der Waals surface area contributed by atoms with Crippen LogP contribution in [0.15, 0.2) is 0 Å². The standard InChI is InChI=1S/C14H30N2O2/c1-3-15(9-11-17)13-5-7-14(8-6-13)16(4-2)10-12-18/h13-14,17-18H,3-12H2,1-2H3. The van der Waals surface area contributed by atoms with E-state index in [9.17, 15) is 0 Å². The molecule has 0 bridgehead atoms. The van der Waals surface area contributed by atoms with Crippen molar-refractivity contribution in [2.24, 2.45) is 0 Å². The summed E-state index contributed by atoms with van der Waals surface area (Å²) in [5.74, 6) is 0. The first-order valence-electron chi connectivity index (χ1n) is 7.46. The first-order valence-corrected chi connectivity index (χ1v) is 7.46. The molecular formula is C14H30N2O2. The Bertz CT molecular complexity index is 184. The first kappa shape index (κ1) is 15.9. The Labute approximate surface area is 112 Å². The van der Waals surface area contributed by atoms with Crippen LogP contribution in [0.4, 0.5) is 0 Å². The van der Waals surface area contributed by atoms with Gasteiger partial charge in [-0.2, -0.15) is 0 Å². The van der Waals surface area contributed by atoms with Crippen molar-refractivity contribution in [1.29, 1.82) is 0 Å². The van der Waals surface area contributed by atoms with Gasteiger partial charge in [0.15, 0.2) is 0 Å². The van der Waals surface area contributed by atoms with Crippen LogP contribution in [0, 0.1) is 0 Å². The average molecular weight is 258 g/mol. The van der Waals surface area contributed by atoms with Gasteiger partial charge in [-0.1, -0.05) is 13.8 Å². The molecule has 0 radical (unpaired) electrons. The maximum absolute atomic E-state index is 9.07. The normalized spacial score (nSPS) is 25.0. The van der Waals surface area contributed by atoms with Crippen LogP contribution in [0.1, 0.15) is 39.5 Å². The molecule has 0 aromatic heterocycles. The van der Waals surface area contributed by atoms with Crippen LogP contribution < -0.4 is 0 Å². The van der Waals surface area contributed by atoms with E-state index in [1.54, 1.807) is 0 Å². The molecule has 0 atom stereocenters. The second-order valence-electron chi connectivity index (χ2n) is 5.17. The van der Waals surface area contributed by atoms with Gasteiger partial charge in [-0.25, -0.2) is 0 Å². The first-order chi connectivity index (χ1) is 8.76. The van der Waals surface area contributed by atoms with Crippen molar-refractivity contribution >= 4 is 0 Å². The van der Waals surface area contributed by atoms with Crippen LogP contribution >= 0.6 is 0 Å². The van der Waals surface area contributed by atoms with Crippen LogP contribution in [0.3, 0.4) is 0 Å². The predicted octanol–water partition coefficient (Wildman–Crippen LogP) is 0.926. The quantitative estimate of drug-likeness (QED) is 0.680. The third-order valence-electron chi connectivity index (χ3n) is 4.29. The van der Waals surface area contributed by atoms with Crippen LogP contribution in [0.2, 0.25) is 0 Å². The SMILES string of the molecule is CCN(CCO)C1CCC(N(CC)CCO)CC1. The van der Waals surface area contributed by atoms with Gasteiger partial charge in [-0.15, -0.1) is 0 Å². The molecule has 1 fully saturated rings. The highest BCUT2D eigenvalue weighted by atomic mass is 16.3. The summed E-state index contributed by atoms with van der Waals surface area (Å²) in [5, 5.41) is 18.1. The van der Waals surface area contributed by atoms with Crippen molar-refractivity contribution in [1.82, 2.24) is 9.80 Å². The molecule has 1 rings (SSSR count). The van der Waals surface area contributed by atoms with Gasteiger partial charge in [-0.05, 0) is 38.8 Å². The lowest BCUT2D eigenvalue weighted by Gasteiger charge is -2.40. The van der Waals surface area contributed by atoms with Crippen molar-refractivity contribution in [3.8, 4) is 0 Å². The van der Waals surface area contributed by atoms with Gasteiger partial charge in [0.1, 0.15) is 0 Å². The van der Waals surface area contributed by atoms with E-state index in [4.69, 9.17) is 10.2 Å². The molecule has 2 N–H and O–H groups in total. The number of rotatable bonds is 8. The molecule has 108 valence electrons. The van der Waals surface area contributed by atoms with E-state index in [0.29, 0.717) is 12.1 Å². The number of hydrogen-bond acceptors (Lipinski definition) is 4. The molecule has 0 amide bonds. The van der Waals surface area contributed by atoms with E-state index >= 15 is 0 Å². The van der Waals surface area contributed by atoms with Crippen molar-refractivity contribution in [2.75, 3.05) is 39.4 Å². The van der Waals surface area contributed by atoms with Crippen LogP contribution in [0.25, 0.3) is 0 Å². The fourth-order valence-corrected chi connectivity index (χ4v) is 3.24. The molecule has 0 unspecified atom stereocenters. The molecular weight excluding hydrogens is 228 g/mol. The topological polar surface area (TPSA) is 46.9 Å². The Hall–Kier alpha value is -0.160. The van der Waals surface area contributed by atoms with Gasteiger partial charge in [0, 0.05) is 25.2 Å². The van der Waals surface area contributed by atoms with Gasteiger partial charge in [0.05, 0.1) is 13.2 Å². The van der Waals surface area contributed by atoms with Crippen molar-refractivity contribution in [3.63, 3.8) is 0 Å². The smallest absolute Gasteiger partial charge is 0.0558 e. The Kier molecular flexibility index (Phi) is 7.82. The van der Waals surface area contributed by atoms with Gasteiger partial charge >= 0.3 is 0 Å². The molecule has 0 saturated heterocycles. The van der Waals surface area contributed by atoms with Crippen molar-refractivity contribution in [3.05, 3.63) is 0 Å². The second-order valence-corrected chi connectivity index (χ2v) is 5.17. The Morgan fingerprint density at radius 2 is 1.11 bits per heavy atom. The lowest BCUT2D eigenvalue weighted by Crippen LogP contribution is -2.45. The van der Waals surface area contributed by atoms with Crippen LogP contribution in [-0.4, -0.2) is 71.5 Å². The van der Waals surface area contributed by atoms with E-state index in [1.165, 1.54) is 25.7 Å². The average Bonchev–Trinajstić information content (AvgIpc) is 2.42. The number of hydrogen-bond donors (Lipinski definition) is 2. The zero-order valence-corrected chi connectivity index (χ0v) is 12.0. The monoisotopic (exact) mass is 258 g/mol. The third-order valence-corrected chi connectivity index (χ3v) is 4.29. The Morgan fingerprint density at radius 3 is 1.33 bits per heavy atom. The zero-order valence-electron chi connectivity index (χ0n) is 12.0.